The van der Waals surface area contributed by atoms with Gasteiger partial charge in [0.25, 0.3) is 0 Å². The summed E-state index contributed by atoms with van der Waals surface area (Å²) >= 11 is 0. The number of carbonyl (C=O) groups is 1. The SMILES string of the molecule is Cc1cc(N2CC[C@](C)(c3ccccc3)C2)cn2nc(C34CC(NC(=O)CC(C)(C)O)(CO3)C4)nc12. The second-order valence-electron chi connectivity index (χ2n) is 12.1. The summed E-state index contributed by atoms with van der Waals surface area (Å²) in [6.07, 6.45) is 4.56. The van der Waals surface area contributed by atoms with Crippen LogP contribution >= 0.6 is 0 Å². The standard InChI is InChI=1S/C28H35N5O3/c1-19-12-21(32-11-10-26(4,17-32)20-8-6-5-7-9-20)14-33-23(19)29-24(31-33)28-15-27(16-28,18-36-28)30-22(34)13-25(2,3)35/h5-9,12,14,35H,10-11,13,15-18H2,1-4H3,(H,30,34)/t26-,27?,28?/m0/s1. The molecule has 3 aliphatic heterocycles. The van der Waals surface area contributed by atoms with Crippen LogP contribution in [-0.2, 0) is 20.5 Å². The van der Waals surface area contributed by atoms with Gasteiger partial charge in [0, 0.05) is 31.3 Å². The molecule has 36 heavy (non-hydrogen) atoms. The van der Waals surface area contributed by atoms with Crippen LogP contribution in [0.4, 0.5) is 5.69 Å². The van der Waals surface area contributed by atoms with Gasteiger partial charge in [0.2, 0.25) is 5.91 Å². The zero-order valence-corrected chi connectivity index (χ0v) is 21.5. The Morgan fingerprint density at radius 2 is 2.00 bits per heavy atom. The lowest BCUT2D eigenvalue weighted by molar-refractivity contribution is -0.128. The van der Waals surface area contributed by atoms with Crippen LogP contribution in [0, 0.1) is 6.92 Å². The van der Waals surface area contributed by atoms with Crippen molar-refractivity contribution in [2.24, 2.45) is 0 Å². The number of aliphatic hydroxyl groups is 1. The third-order valence-electron chi connectivity index (χ3n) is 8.19. The van der Waals surface area contributed by atoms with Gasteiger partial charge in [-0.1, -0.05) is 37.3 Å². The van der Waals surface area contributed by atoms with Gasteiger partial charge in [-0.05, 0) is 44.4 Å². The monoisotopic (exact) mass is 489 g/mol. The van der Waals surface area contributed by atoms with E-state index >= 15 is 0 Å². The summed E-state index contributed by atoms with van der Waals surface area (Å²) in [5.74, 6) is 0.529. The Morgan fingerprint density at radius 1 is 1.25 bits per heavy atom. The van der Waals surface area contributed by atoms with Gasteiger partial charge in [0.05, 0.1) is 36.1 Å². The maximum absolute atomic E-state index is 12.4. The Labute approximate surface area is 211 Å². The zero-order chi connectivity index (χ0) is 25.3. The van der Waals surface area contributed by atoms with Crippen molar-refractivity contribution in [3.63, 3.8) is 0 Å². The number of aryl methyl sites for hydroxylation is 1. The van der Waals surface area contributed by atoms with Crippen molar-refractivity contribution < 1.29 is 14.6 Å². The summed E-state index contributed by atoms with van der Waals surface area (Å²) in [4.78, 5) is 19.7. The average Bonchev–Trinajstić information content (AvgIpc) is 3.54. The van der Waals surface area contributed by atoms with E-state index in [0.717, 1.165) is 36.4 Å². The summed E-state index contributed by atoms with van der Waals surface area (Å²) in [5, 5.41) is 17.9. The van der Waals surface area contributed by atoms with Crippen molar-refractivity contribution >= 4 is 17.2 Å². The number of nitrogens with one attached hydrogen (secondary N) is 1. The number of pyridine rings is 1. The molecule has 1 aromatic carbocycles. The Bertz CT molecular complexity index is 1320. The summed E-state index contributed by atoms with van der Waals surface area (Å²) in [6, 6.07) is 13.0. The number of nitrogens with zero attached hydrogens (tertiary/aromatic N) is 4. The molecule has 0 unspecified atom stereocenters. The predicted octanol–water partition coefficient (Wildman–Crippen LogP) is 3.24. The highest BCUT2D eigenvalue weighted by molar-refractivity contribution is 5.78. The molecular formula is C28H35N5O3. The van der Waals surface area contributed by atoms with Gasteiger partial charge in [-0.15, -0.1) is 5.10 Å². The van der Waals surface area contributed by atoms with E-state index in [-0.39, 0.29) is 17.7 Å². The molecule has 1 aliphatic carbocycles. The molecule has 4 fully saturated rings. The Balaban J connectivity index is 1.21. The van der Waals surface area contributed by atoms with Crippen LogP contribution in [0.2, 0.25) is 0 Å². The third kappa shape index (κ3) is 3.87. The Kier molecular flexibility index (Phi) is 5.05. The van der Waals surface area contributed by atoms with Crippen molar-refractivity contribution in [1.82, 2.24) is 19.9 Å². The van der Waals surface area contributed by atoms with E-state index in [1.165, 1.54) is 5.56 Å². The van der Waals surface area contributed by atoms with Crippen LogP contribution in [-0.4, -0.2) is 56.4 Å². The average molecular weight is 490 g/mol. The number of amides is 1. The van der Waals surface area contributed by atoms with E-state index in [1.54, 1.807) is 13.8 Å². The molecule has 1 amide bonds. The first kappa shape index (κ1) is 23.4. The summed E-state index contributed by atoms with van der Waals surface area (Å²) in [6.45, 7) is 10.1. The maximum atomic E-state index is 12.4. The number of hydrogen-bond donors (Lipinski definition) is 2. The molecule has 7 rings (SSSR count). The third-order valence-corrected chi connectivity index (χ3v) is 8.19. The van der Waals surface area contributed by atoms with Gasteiger partial charge in [0.15, 0.2) is 11.5 Å². The molecule has 2 bridgehead atoms. The van der Waals surface area contributed by atoms with E-state index in [4.69, 9.17) is 14.8 Å². The molecule has 5 heterocycles. The number of fused-ring (bicyclic) bond motifs is 2. The number of ether oxygens (including phenoxy) is 1. The molecule has 0 radical (unpaired) electrons. The summed E-state index contributed by atoms with van der Waals surface area (Å²) in [5.41, 5.74) is 2.60. The smallest absolute Gasteiger partial charge is 0.223 e. The minimum absolute atomic E-state index is 0.0656. The molecule has 3 saturated heterocycles. The van der Waals surface area contributed by atoms with Gasteiger partial charge in [-0.3, -0.25) is 4.79 Å². The fourth-order valence-electron chi connectivity index (χ4n) is 6.36. The van der Waals surface area contributed by atoms with Crippen LogP contribution in [0.5, 0.6) is 0 Å². The summed E-state index contributed by atoms with van der Waals surface area (Å²) < 4.78 is 8.08. The predicted molar refractivity (Wildman–Crippen MR) is 137 cm³/mol. The molecule has 4 aliphatic rings. The van der Waals surface area contributed by atoms with Crippen LogP contribution in [0.3, 0.4) is 0 Å². The van der Waals surface area contributed by atoms with Gasteiger partial charge in [-0.25, -0.2) is 9.50 Å². The first-order valence-corrected chi connectivity index (χ1v) is 12.8. The first-order valence-electron chi connectivity index (χ1n) is 12.8. The normalized spacial score (nSPS) is 29.5. The van der Waals surface area contributed by atoms with Gasteiger partial charge >= 0.3 is 0 Å². The van der Waals surface area contributed by atoms with E-state index in [0.29, 0.717) is 25.3 Å². The lowest BCUT2D eigenvalue weighted by Crippen LogP contribution is -2.59. The molecule has 8 heteroatoms. The molecule has 190 valence electrons. The van der Waals surface area contributed by atoms with E-state index in [2.05, 4.69) is 66.7 Å². The largest absolute Gasteiger partial charge is 0.390 e. The lowest BCUT2D eigenvalue weighted by atomic mass is 9.68. The van der Waals surface area contributed by atoms with Crippen molar-refractivity contribution in [3.8, 4) is 0 Å². The molecule has 2 N–H and O–H groups in total. The van der Waals surface area contributed by atoms with E-state index in [1.807, 2.05) is 4.52 Å². The van der Waals surface area contributed by atoms with Crippen molar-refractivity contribution in [2.75, 3.05) is 24.6 Å². The topological polar surface area (TPSA) is 92.0 Å². The fraction of sp³-hybridized carbons (Fsp3) is 0.536. The molecule has 1 saturated carbocycles. The molecule has 8 nitrogen and oxygen atoms in total. The first-order chi connectivity index (χ1) is 17.0. The highest BCUT2D eigenvalue weighted by atomic mass is 16.5. The highest BCUT2D eigenvalue weighted by Gasteiger charge is 2.66. The number of anilines is 1. The number of carbonyl (C=O) groups excluding carboxylic acids is 1. The van der Waals surface area contributed by atoms with Gasteiger partial charge in [-0.2, -0.15) is 0 Å². The van der Waals surface area contributed by atoms with Gasteiger partial charge < -0.3 is 20.1 Å². The number of benzene rings is 1. The number of hydrogen-bond acceptors (Lipinski definition) is 6. The minimum atomic E-state index is -1.03. The van der Waals surface area contributed by atoms with E-state index in [9.17, 15) is 9.90 Å². The lowest BCUT2D eigenvalue weighted by Gasteiger charge is -2.43. The maximum Gasteiger partial charge on any atom is 0.223 e. The fourth-order valence-corrected chi connectivity index (χ4v) is 6.36. The van der Waals surface area contributed by atoms with Crippen LogP contribution in [0.1, 0.15) is 63.4 Å². The zero-order valence-electron chi connectivity index (χ0n) is 21.5. The van der Waals surface area contributed by atoms with Crippen LogP contribution in [0.15, 0.2) is 42.6 Å². The second kappa shape index (κ2) is 7.76. The second-order valence-corrected chi connectivity index (χ2v) is 12.1. The Morgan fingerprint density at radius 3 is 2.72 bits per heavy atom. The molecule has 3 aromatic rings. The minimum Gasteiger partial charge on any atom is -0.390 e. The Hall–Kier alpha value is -2.97. The molecular weight excluding hydrogens is 454 g/mol. The summed E-state index contributed by atoms with van der Waals surface area (Å²) in [7, 11) is 0. The molecule has 0 spiro atoms. The quantitative estimate of drug-likeness (QED) is 0.552. The van der Waals surface area contributed by atoms with Crippen LogP contribution in [0.25, 0.3) is 5.65 Å². The molecule has 1 atom stereocenters. The molecule has 2 aromatic heterocycles. The van der Waals surface area contributed by atoms with Gasteiger partial charge in [0.1, 0.15) is 5.60 Å². The van der Waals surface area contributed by atoms with E-state index < -0.39 is 16.7 Å². The highest BCUT2D eigenvalue weighted by Crippen LogP contribution is 2.57. The number of aromatic nitrogens is 3. The number of rotatable bonds is 6. The van der Waals surface area contributed by atoms with Crippen LogP contribution < -0.4 is 10.2 Å². The van der Waals surface area contributed by atoms with Crippen molar-refractivity contribution in [1.29, 1.82) is 0 Å². The van der Waals surface area contributed by atoms with Crippen molar-refractivity contribution in [3.05, 3.63) is 59.5 Å². The van der Waals surface area contributed by atoms with Crippen molar-refractivity contribution in [2.45, 2.75) is 75.5 Å².